The molecular weight excluding hydrogens is 430 g/mol. The molecule has 0 atom stereocenters. The standard InChI is InChI=1S/2C7H4Cl2N2S/c8-11(9)5-1-2-6-7(3-5)12-4-10-6;8-11(9)6-3-1-2-5-7(6)12-4-10-5/h2*1-4H. The van der Waals surface area contributed by atoms with Crippen LogP contribution in [0.5, 0.6) is 0 Å². The zero-order valence-electron chi connectivity index (χ0n) is 11.7. The number of hydrogen-bond acceptors (Lipinski definition) is 6. The number of nitrogens with zero attached hydrogens (tertiary/aromatic N) is 4. The first-order chi connectivity index (χ1) is 11.6. The minimum atomic E-state index is 0.759. The van der Waals surface area contributed by atoms with E-state index in [1.807, 2.05) is 36.4 Å². The Labute approximate surface area is 166 Å². The molecule has 0 amide bonds. The highest BCUT2D eigenvalue weighted by Crippen LogP contribution is 2.31. The van der Waals surface area contributed by atoms with Crippen molar-refractivity contribution in [1.82, 2.24) is 9.97 Å². The maximum atomic E-state index is 5.62. The fourth-order valence-electron chi connectivity index (χ4n) is 1.95. The second kappa shape index (κ2) is 7.91. The third kappa shape index (κ3) is 3.96. The van der Waals surface area contributed by atoms with Crippen LogP contribution in [0.3, 0.4) is 0 Å². The minimum Gasteiger partial charge on any atom is -0.245 e. The van der Waals surface area contributed by atoms with E-state index in [0.29, 0.717) is 0 Å². The Morgan fingerprint density at radius 3 is 2.29 bits per heavy atom. The second-order valence-electron chi connectivity index (χ2n) is 4.45. The number of fused-ring (bicyclic) bond motifs is 2. The second-order valence-corrected chi connectivity index (χ2v) is 7.89. The molecule has 0 unspecified atom stereocenters. The van der Waals surface area contributed by atoms with Gasteiger partial charge >= 0.3 is 0 Å². The summed E-state index contributed by atoms with van der Waals surface area (Å²) in [7, 11) is 0. The monoisotopic (exact) mass is 436 g/mol. The van der Waals surface area contributed by atoms with Gasteiger partial charge in [-0.2, -0.15) is 7.88 Å². The molecule has 0 fully saturated rings. The highest BCUT2D eigenvalue weighted by Gasteiger charge is 2.06. The Kier molecular flexibility index (Phi) is 5.86. The van der Waals surface area contributed by atoms with Gasteiger partial charge in [-0.3, -0.25) is 0 Å². The third-order valence-electron chi connectivity index (χ3n) is 3.03. The smallest absolute Gasteiger partial charge is 0.0904 e. The number of rotatable bonds is 2. The van der Waals surface area contributed by atoms with Gasteiger partial charge in [-0.15, -0.1) is 22.7 Å². The van der Waals surface area contributed by atoms with Crippen molar-refractivity contribution >= 4 is 102 Å². The fourth-order valence-corrected chi connectivity index (χ4v) is 4.05. The van der Waals surface area contributed by atoms with E-state index in [0.717, 1.165) is 39.7 Å². The van der Waals surface area contributed by atoms with E-state index in [9.17, 15) is 0 Å². The van der Waals surface area contributed by atoms with E-state index >= 15 is 0 Å². The van der Waals surface area contributed by atoms with Gasteiger partial charge in [-0.05, 0) is 30.3 Å². The lowest BCUT2D eigenvalue weighted by molar-refractivity contribution is 1.49. The molecule has 4 aromatic rings. The Morgan fingerprint density at radius 2 is 1.54 bits per heavy atom. The average molecular weight is 438 g/mol. The topological polar surface area (TPSA) is 32.3 Å². The lowest BCUT2D eigenvalue weighted by Crippen LogP contribution is -1.90. The van der Waals surface area contributed by atoms with E-state index < -0.39 is 0 Å². The molecule has 0 saturated carbocycles. The maximum absolute atomic E-state index is 5.62. The van der Waals surface area contributed by atoms with Crippen molar-refractivity contribution in [3.05, 3.63) is 47.4 Å². The quantitative estimate of drug-likeness (QED) is 0.322. The van der Waals surface area contributed by atoms with Gasteiger partial charge in [-0.25, -0.2) is 9.97 Å². The normalized spacial score (nSPS) is 10.5. The molecule has 10 heteroatoms. The molecular formula is C14H8Cl4N4S2. The van der Waals surface area contributed by atoms with Gasteiger partial charge in [0.2, 0.25) is 0 Å². The highest BCUT2D eigenvalue weighted by molar-refractivity contribution is 7.17. The molecule has 4 rings (SSSR count). The molecule has 0 radical (unpaired) electrons. The zero-order valence-corrected chi connectivity index (χ0v) is 16.4. The van der Waals surface area contributed by atoms with E-state index in [4.69, 9.17) is 47.1 Å². The minimum absolute atomic E-state index is 0.759. The Balaban J connectivity index is 0.000000141. The van der Waals surface area contributed by atoms with E-state index in [-0.39, 0.29) is 0 Å². The van der Waals surface area contributed by atoms with Gasteiger partial charge in [0, 0.05) is 47.1 Å². The van der Waals surface area contributed by atoms with Crippen LogP contribution in [0.2, 0.25) is 0 Å². The van der Waals surface area contributed by atoms with Crippen molar-refractivity contribution in [3.8, 4) is 0 Å². The van der Waals surface area contributed by atoms with Gasteiger partial charge in [0.25, 0.3) is 0 Å². The number of hydrogen-bond donors (Lipinski definition) is 0. The number of halogens is 4. The van der Waals surface area contributed by atoms with Crippen LogP contribution in [0, 0.1) is 0 Å². The van der Waals surface area contributed by atoms with Crippen LogP contribution in [0.15, 0.2) is 47.4 Å². The van der Waals surface area contributed by atoms with Crippen LogP contribution in [-0.4, -0.2) is 9.97 Å². The van der Waals surface area contributed by atoms with Gasteiger partial charge in [0.1, 0.15) is 0 Å². The van der Waals surface area contributed by atoms with Crippen LogP contribution < -0.4 is 7.88 Å². The summed E-state index contributed by atoms with van der Waals surface area (Å²) in [6.07, 6.45) is 0. The summed E-state index contributed by atoms with van der Waals surface area (Å²) < 4.78 is 4.18. The van der Waals surface area contributed by atoms with Crippen LogP contribution in [0.25, 0.3) is 20.4 Å². The van der Waals surface area contributed by atoms with Crippen molar-refractivity contribution in [2.24, 2.45) is 0 Å². The molecule has 0 saturated heterocycles. The summed E-state index contributed by atoms with van der Waals surface area (Å²) in [5.74, 6) is 0. The SMILES string of the molecule is ClN(Cl)c1ccc2ncsc2c1.ClN(Cl)c1cccc2ncsc12. The molecule has 0 aliphatic carbocycles. The third-order valence-corrected chi connectivity index (χ3v) is 5.44. The molecule has 24 heavy (non-hydrogen) atoms. The molecule has 2 aromatic carbocycles. The van der Waals surface area contributed by atoms with Crippen molar-refractivity contribution in [1.29, 1.82) is 0 Å². The van der Waals surface area contributed by atoms with Gasteiger partial charge in [0.05, 0.1) is 42.8 Å². The van der Waals surface area contributed by atoms with Gasteiger partial charge in [-0.1, -0.05) is 6.07 Å². The lowest BCUT2D eigenvalue weighted by atomic mass is 10.3. The number of anilines is 2. The van der Waals surface area contributed by atoms with Crippen molar-refractivity contribution in [3.63, 3.8) is 0 Å². The predicted molar refractivity (Wildman–Crippen MR) is 108 cm³/mol. The van der Waals surface area contributed by atoms with Crippen LogP contribution >= 0.6 is 69.8 Å². The van der Waals surface area contributed by atoms with Crippen LogP contribution in [0.4, 0.5) is 11.4 Å². The van der Waals surface area contributed by atoms with Crippen molar-refractivity contribution < 1.29 is 0 Å². The van der Waals surface area contributed by atoms with E-state index in [1.165, 1.54) is 11.3 Å². The molecule has 0 aliphatic rings. The largest absolute Gasteiger partial charge is 0.245 e. The molecule has 0 spiro atoms. The molecule has 2 heterocycles. The summed E-state index contributed by atoms with van der Waals surface area (Å²) in [5.41, 5.74) is 6.99. The Hall–Kier alpha value is -1.02. The molecule has 124 valence electrons. The summed E-state index contributed by atoms with van der Waals surface area (Å²) in [5, 5.41) is 0. The first kappa shape index (κ1) is 17.8. The van der Waals surface area contributed by atoms with Crippen LogP contribution in [-0.2, 0) is 0 Å². The van der Waals surface area contributed by atoms with Crippen molar-refractivity contribution in [2.45, 2.75) is 0 Å². The molecule has 0 aliphatic heterocycles. The lowest BCUT2D eigenvalue weighted by Gasteiger charge is -2.04. The first-order valence-corrected chi connectivity index (χ1v) is 9.56. The fraction of sp³-hybridized carbons (Fsp3) is 0. The Bertz CT molecular complexity index is 953. The number of aromatic nitrogens is 2. The predicted octanol–water partition coefficient (Wildman–Crippen LogP) is 6.82. The summed E-state index contributed by atoms with van der Waals surface area (Å²) in [6, 6.07) is 11.2. The molecule has 4 nitrogen and oxygen atoms in total. The van der Waals surface area contributed by atoms with E-state index in [1.54, 1.807) is 22.4 Å². The van der Waals surface area contributed by atoms with Crippen LogP contribution in [0.1, 0.15) is 0 Å². The number of thiazole rings is 2. The summed E-state index contributed by atoms with van der Waals surface area (Å²) in [6.45, 7) is 0. The molecule has 0 bridgehead atoms. The first-order valence-electron chi connectivity index (χ1n) is 6.45. The highest BCUT2D eigenvalue weighted by atomic mass is 35.5. The van der Waals surface area contributed by atoms with E-state index in [2.05, 4.69) is 9.97 Å². The summed E-state index contributed by atoms with van der Waals surface area (Å²) >= 11 is 25.4. The van der Waals surface area contributed by atoms with Gasteiger partial charge < -0.3 is 0 Å². The summed E-state index contributed by atoms with van der Waals surface area (Å²) in [4.78, 5) is 8.27. The van der Waals surface area contributed by atoms with Crippen molar-refractivity contribution in [2.75, 3.05) is 7.88 Å². The van der Waals surface area contributed by atoms with Gasteiger partial charge in [0.15, 0.2) is 0 Å². The number of benzene rings is 2. The molecule has 2 aromatic heterocycles. The Morgan fingerprint density at radius 1 is 0.792 bits per heavy atom. The molecule has 0 N–H and O–H groups in total. The average Bonchev–Trinajstić information content (AvgIpc) is 3.22. The maximum Gasteiger partial charge on any atom is 0.0904 e. The zero-order chi connectivity index (χ0) is 17.1.